The van der Waals surface area contributed by atoms with Crippen LogP contribution in [0, 0.1) is 0 Å². The van der Waals surface area contributed by atoms with E-state index in [-0.39, 0.29) is 12.5 Å². The molecule has 1 N–H and O–H groups in total. The average Bonchev–Trinajstić information content (AvgIpc) is 3.07. The topological polar surface area (TPSA) is 51.8 Å². The Balaban J connectivity index is 2.01. The summed E-state index contributed by atoms with van der Waals surface area (Å²) in [6.07, 6.45) is 2.05. The number of hydrogen-bond acceptors (Lipinski definition) is 4. The number of fused-ring (bicyclic) bond motifs is 6. The maximum Gasteiger partial charge on any atom is 0.231 e. The van der Waals surface area contributed by atoms with Crippen molar-refractivity contribution in [3.05, 3.63) is 42.6 Å². The maximum atomic E-state index is 10.2. The summed E-state index contributed by atoms with van der Waals surface area (Å²) in [6.45, 7) is 0.250. The number of phenolic OH excluding ortho intramolecular Hbond substituents is 1. The molecule has 0 fully saturated rings. The molecular formula is C20H16NO4+. The van der Waals surface area contributed by atoms with Crippen LogP contribution < -0.4 is 18.8 Å². The summed E-state index contributed by atoms with van der Waals surface area (Å²) in [5.74, 6) is 2.15. The number of ether oxygens (including phenoxy) is 3. The molecule has 0 atom stereocenters. The van der Waals surface area contributed by atoms with Crippen LogP contribution in [-0.4, -0.2) is 19.0 Å². The standard InChI is InChI=1S/C20H15NO4/c1-21-9-12-4-6-15(22)20(23-2)18(12)13-5-3-11-7-16-17(25-10-24-16)8-14(11)19(13)21/h3-9H,10H2,1-2H3/p+1. The van der Waals surface area contributed by atoms with Crippen LogP contribution in [0.4, 0.5) is 0 Å². The fraction of sp³-hybridized carbons (Fsp3) is 0.150. The van der Waals surface area contributed by atoms with Gasteiger partial charge in [0.2, 0.25) is 12.3 Å². The van der Waals surface area contributed by atoms with Gasteiger partial charge in [-0.3, -0.25) is 0 Å². The van der Waals surface area contributed by atoms with E-state index >= 15 is 0 Å². The normalized spacial score (nSPS) is 13.0. The molecule has 1 aliphatic heterocycles. The van der Waals surface area contributed by atoms with Gasteiger partial charge in [-0.05, 0) is 35.7 Å². The second kappa shape index (κ2) is 4.89. The number of rotatable bonds is 1. The van der Waals surface area contributed by atoms with Gasteiger partial charge in [-0.15, -0.1) is 0 Å². The van der Waals surface area contributed by atoms with Crippen molar-refractivity contribution in [2.75, 3.05) is 13.9 Å². The summed E-state index contributed by atoms with van der Waals surface area (Å²) in [4.78, 5) is 0. The van der Waals surface area contributed by atoms with Gasteiger partial charge in [0, 0.05) is 5.39 Å². The van der Waals surface area contributed by atoms with Crippen LogP contribution in [0.1, 0.15) is 0 Å². The van der Waals surface area contributed by atoms with E-state index in [4.69, 9.17) is 14.2 Å². The van der Waals surface area contributed by atoms with Gasteiger partial charge in [0.15, 0.2) is 29.2 Å². The summed E-state index contributed by atoms with van der Waals surface area (Å²) >= 11 is 0. The zero-order chi connectivity index (χ0) is 17.1. The van der Waals surface area contributed by atoms with Crippen molar-refractivity contribution in [3.8, 4) is 23.0 Å². The minimum Gasteiger partial charge on any atom is -0.504 e. The number of methoxy groups -OCH3 is 1. The molecule has 0 bridgehead atoms. The highest BCUT2D eigenvalue weighted by Crippen LogP contribution is 2.42. The van der Waals surface area contributed by atoms with Crippen LogP contribution in [0.15, 0.2) is 42.6 Å². The molecule has 5 rings (SSSR count). The Labute approximate surface area is 143 Å². The SMILES string of the molecule is COc1c(O)ccc2c[n+](C)c3c4cc5c(cc4ccc3c12)OCO5. The lowest BCUT2D eigenvalue weighted by Crippen LogP contribution is -2.28. The maximum absolute atomic E-state index is 10.2. The van der Waals surface area contributed by atoms with Gasteiger partial charge in [-0.2, -0.15) is 4.57 Å². The number of hydrogen-bond donors (Lipinski definition) is 1. The van der Waals surface area contributed by atoms with E-state index in [9.17, 15) is 5.11 Å². The summed E-state index contributed by atoms with van der Waals surface area (Å²) in [5.41, 5.74) is 1.05. The largest absolute Gasteiger partial charge is 0.504 e. The van der Waals surface area contributed by atoms with Gasteiger partial charge in [0.1, 0.15) is 7.05 Å². The molecule has 2 heterocycles. The molecule has 1 aliphatic rings. The average molecular weight is 334 g/mol. The van der Waals surface area contributed by atoms with E-state index in [1.807, 2.05) is 31.4 Å². The summed E-state index contributed by atoms with van der Waals surface area (Å²) in [5, 5.41) is 15.3. The second-order valence-electron chi connectivity index (χ2n) is 6.21. The summed E-state index contributed by atoms with van der Waals surface area (Å²) in [6, 6.07) is 11.7. The Bertz CT molecular complexity index is 1180. The van der Waals surface area contributed by atoms with Crippen molar-refractivity contribution in [2.24, 2.45) is 7.05 Å². The number of benzene rings is 3. The van der Waals surface area contributed by atoms with Crippen LogP contribution in [0.25, 0.3) is 32.4 Å². The molecule has 0 saturated carbocycles. The first-order valence-electron chi connectivity index (χ1n) is 8.02. The zero-order valence-corrected chi connectivity index (χ0v) is 13.9. The Morgan fingerprint density at radius 3 is 2.56 bits per heavy atom. The minimum absolute atomic E-state index is 0.135. The second-order valence-corrected chi connectivity index (χ2v) is 6.21. The molecule has 0 unspecified atom stereocenters. The minimum atomic E-state index is 0.135. The highest BCUT2D eigenvalue weighted by molar-refractivity contribution is 6.16. The van der Waals surface area contributed by atoms with Gasteiger partial charge in [-0.25, -0.2) is 0 Å². The number of aromatic nitrogens is 1. The van der Waals surface area contributed by atoms with Crippen LogP contribution in [-0.2, 0) is 7.05 Å². The Morgan fingerprint density at radius 2 is 1.76 bits per heavy atom. The first-order chi connectivity index (χ1) is 12.2. The van der Waals surface area contributed by atoms with Crippen LogP contribution in [0.2, 0.25) is 0 Å². The Kier molecular flexibility index (Phi) is 2.77. The Hall–Kier alpha value is -3.21. The van der Waals surface area contributed by atoms with E-state index in [2.05, 4.69) is 16.7 Å². The molecule has 5 heteroatoms. The number of nitrogens with zero attached hydrogens (tertiary/aromatic N) is 1. The fourth-order valence-electron chi connectivity index (χ4n) is 3.73. The van der Waals surface area contributed by atoms with Crippen LogP contribution in [0.5, 0.6) is 23.0 Å². The molecular weight excluding hydrogens is 318 g/mol. The molecule has 0 radical (unpaired) electrons. The smallest absolute Gasteiger partial charge is 0.231 e. The van der Waals surface area contributed by atoms with Gasteiger partial charge in [0.05, 0.1) is 23.3 Å². The first-order valence-corrected chi connectivity index (χ1v) is 8.02. The van der Waals surface area contributed by atoms with Crippen molar-refractivity contribution in [3.63, 3.8) is 0 Å². The molecule has 1 aromatic heterocycles. The van der Waals surface area contributed by atoms with Gasteiger partial charge < -0.3 is 19.3 Å². The predicted molar refractivity (Wildman–Crippen MR) is 94.5 cm³/mol. The first kappa shape index (κ1) is 14.2. The lowest BCUT2D eigenvalue weighted by atomic mass is 10.00. The van der Waals surface area contributed by atoms with Crippen molar-refractivity contribution < 1.29 is 23.9 Å². The van der Waals surface area contributed by atoms with E-state index in [0.717, 1.165) is 43.9 Å². The van der Waals surface area contributed by atoms with Crippen LogP contribution in [0.3, 0.4) is 0 Å². The van der Waals surface area contributed by atoms with Crippen molar-refractivity contribution in [2.45, 2.75) is 0 Å². The van der Waals surface area contributed by atoms with Crippen molar-refractivity contribution >= 4 is 32.4 Å². The molecule has 25 heavy (non-hydrogen) atoms. The third kappa shape index (κ3) is 1.86. The van der Waals surface area contributed by atoms with Crippen LogP contribution >= 0.6 is 0 Å². The number of aromatic hydroxyl groups is 1. The monoisotopic (exact) mass is 334 g/mol. The molecule has 0 amide bonds. The zero-order valence-electron chi connectivity index (χ0n) is 13.9. The quantitative estimate of drug-likeness (QED) is 0.428. The molecule has 0 aliphatic carbocycles. The third-order valence-electron chi connectivity index (χ3n) is 4.81. The number of pyridine rings is 1. The van der Waals surface area contributed by atoms with Gasteiger partial charge >= 0.3 is 0 Å². The number of phenols is 1. The Morgan fingerprint density at radius 1 is 1.00 bits per heavy atom. The molecule has 3 aromatic carbocycles. The third-order valence-corrected chi connectivity index (χ3v) is 4.81. The lowest BCUT2D eigenvalue weighted by molar-refractivity contribution is -0.642. The summed E-state index contributed by atoms with van der Waals surface area (Å²) in [7, 11) is 3.59. The molecule has 0 spiro atoms. The van der Waals surface area contributed by atoms with E-state index < -0.39 is 0 Å². The highest BCUT2D eigenvalue weighted by atomic mass is 16.7. The highest BCUT2D eigenvalue weighted by Gasteiger charge is 2.22. The predicted octanol–water partition coefficient (Wildman–Crippen LogP) is 3.41. The van der Waals surface area contributed by atoms with Crippen molar-refractivity contribution in [1.82, 2.24) is 0 Å². The molecule has 5 nitrogen and oxygen atoms in total. The van der Waals surface area contributed by atoms with Crippen molar-refractivity contribution in [1.29, 1.82) is 0 Å². The lowest BCUT2D eigenvalue weighted by Gasteiger charge is -2.11. The van der Waals surface area contributed by atoms with Gasteiger partial charge in [-0.1, -0.05) is 6.07 Å². The summed E-state index contributed by atoms with van der Waals surface area (Å²) < 4.78 is 18.6. The fourth-order valence-corrected chi connectivity index (χ4v) is 3.73. The van der Waals surface area contributed by atoms with Gasteiger partial charge in [0.25, 0.3) is 0 Å². The van der Waals surface area contributed by atoms with E-state index in [1.165, 1.54) is 0 Å². The number of aryl methyl sites for hydroxylation is 1. The molecule has 124 valence electrons. The molecule has 0 saturated heterocycles. The van der Waals surface area contributed by atoms with E-state index in [0.29, 0.717) is 5.75 Å². The molecule has 4 aromatic rings. The van der Waals surface area contributed by atoms with E-state index in [1.54, 1.807) is 13.2 Å².